The van der Waals surface area contributed by atoms with Crippen LogP contribution in [0.5, 0.6) is 0 Å². The van der Waals surface area contributed by atoms with Gasteiger partial charge in [0.05, 0.1) is 0 Å². The van der Waals surface area contributed by atoms with Crippen molar-refractivity contribution < 1.29 is 4.79 Å². The molecular formula is C18H27NO. The predicted molar refractivity (Wildman–Crippen MR) is 85.2 cm³/mol. The SMILES string of the molecule is CC(C)c1cccc(C(C)C)c1NC(=O)C1CCCC1. The molecule has 1 aliphatic carbocycles. The smallest absolute Gasteiger partial charge is 0.227 e. The van der Waals surface area contributed by atoms with Gasteiger partial charge in [-0.15, -0.1) is 0 Å². The fourth-order valence-corrected chi connectivity index (χ4v) is 3.11. The minimum absolute atomic E-state index is 0.218. The van der Waals surface area contributed by atoms with Crippen LogP contribution in [-0.4, -0.2) is 5.91 Å². The van der Waals surface area contributed by atoms with Crippen LogP contribution >= 0.6 is 0 Å². The molecule has 0 aliphatic heterocycles. The van der Waals surface area contributed by atoms with Gasteiger partial charge in [-0.2, -0.15) is 0 Å². The number of anilines is 1. The van der Waals surface area contributed by atoms with E-state index < -0.39 is 0 Å². The van der Waals surface area contributed by atoms with Gasteiger partial charge in [-0.3, -0.25) is 4.79 Å². The van der Waals surface area contributed by atoms with E-state index in [4.69, 9.17) is 0 Å². The van der Waals surface area contributed by atoms with E-state index in [0.29, 0.717) is 11.8 Å². The van der Waals surface area contributed by atoms with Crippen molar-refractivity contribution >= 4 is 11.6 Å². The van der Waals surface area contributed by atoms with E-state index >= 15 is 0 Å². The molecule has 0 spiro atoms. The molecule has 1 amide bonds. The molecular weight excluding hydrogens is 246 g/mol. The first-order valence-electron chi connectivity index (χ1n) is 7.94. The average Bonchev–Trinajstić information content (AvgIpc) is 2.92. The van der Waals surface area contributed by atoms with E-state index in [-0.39, 0.29) is 11.8 Å². The van der Waals surface area contributed by atoms with Crippen LogP contribution in [0.15, 0.2) is 18.2 Å². The Bertz CT molecular complexity index is 444. The van der Waals surface area contributed by atoms with Crippen LogP contribution in [-0.2, 0) is 4.79 Å². The molecule has 1 aromatic rings. The quantitative estimate of drug-likeness (QED) is 0.816. The lowest BCUT2D eigenvalue weighted by atomic mass is 9.92. The summed E-state index contributed by atoms with van der Waals surface area (Å²) in [5.74, 6) is 1.29. The minimum atomic E-state index is 0.218. The first-order chi connectivity index (χ1) is 9.50. The average molecular weight is 273 g/mol. The summed E-state index contributed by atoms with van der Waals surface area (Å²) in [5, 5.41) is 3.24. The third-order valence-corrected chi connectivity index (χ3v) is 4.35. The van der Waals surface area contributed by atoms with Gasteiger partial charge in [0.15, 0.2) is 0 Å². The highest BCUT2D eigenvalue weighted by atomic mass is 16.1. The standard InChI is InChI=1S/C18H27NO/c1-12(2)15-10-7-11-16(13(3)4)17(15)19-18(20)14-8-5-6-9-14/h7,10-14H,5-6,8-9H2,1-4H3,(H,19,20). The third-order valence-electron chi connectivity index (χ3n) is 4.35. The topological polar surface area (TPSA) is 29.1 Å². The van der Waals surface area contributed by atoms with Crippen molar-refractivity contribution in [3.05, 3.63) is 29.3 Å². The van der Waals surface area contributed by atoms with Gasteiger partial charge in [0.25, 0.3) is 0 Å². The minimum Gasteiger partial charge on any atom is -0.325 e. The van der Waals surface area contributed by atoms with Gasteiger partial charge in [0, 0.05) is 11.6 Å². The maximum absolute atomic E-state index is 12.5. The molecule has 2 rings (SSSR count). The molecule has 1 saturated carbocycles. The van der Waals surface area contributed by atoms with Crippen molar-refractivity contribution in [1.29, 1.82) is 0 Å². The van der Waals surface area contributed by atoms with Gasteiger partial charge in [-0.05, 0) is 35.8 Å². The van der Waals surface area contributed by atoms with E-state index in [0.717, 1.165) is 18.5 Å². The Labute approximate surface area is 123 Å². The highest BCUT2D eigenvalue weighted by Gasteiger charge is 2.24. The van der Waals surface area contributed by atoms with Crippen LogP contribution in [0, 0.1) is 5.92 Å². The Morgan fingerprint density at radius 2 is 1.55 bits per heavy atom. The van der Waals surface area contributed by atoms with E-state index in [1.165, 1.54) is 24.0 Å². The highest BCUT2D eigenvalue weighted by molar-refractivity contribution is 5.94. The second-order valence-electron chi connectivity index (χ2n) is 6.59. The van der Waals surface area contributed by atoms with Gasteiger partial charge in [-0.1, -0.05) is 58.7 Å². The van der Waals surface area contributed by atoms with E-state index in [9.17, 15) is 4.79 Å². The maximum Gasteiger partial charge on any atom is 0.227 e. The van der Waals surface area contributed by atoms with Crippen LogP contribution < -0.4 is 5.32 Å². The molecule has 1 fully saturated rings. The van der Waals surface area contributed by atoms with Crippen molar-refractivity contribution in [2.24, 2.45) is 5.92 Å². The zero-order valence-electron chi connectivity index (χ0n) is 13.2. The molecule has 0 unspecified atom stereocenters. The number of para-hydroxylation sites is 1. The van der Waals surface area contributed by atoms with Gasteiger partial charge in [-0.25, -0.2) is 0 Å². The number of rotatable bonds is 4. The largest absolute Gasteiger partial charge is 0.325 e. The Kier molecular flexibility index (Phi) is 4.85. The lowest BCUT2D eigenvalue weighted by molar-refractivity contribution is -0.119. The summed E-state index contributed by atoms with van der Waals surface area (Å²) in [6.07, 6.45) is 4.49. The first kappa shape index (κ1) is 15.1. The Morgan fingerprint density at radius 3 is 2.00 bits per heavy atom. The summed E-state index contributed by atoms with van der Waals surface area (Å²) in [4.78, 5) is 12.5. The molecule has 1 aromatic carbocycles. The number of carbonyl (C=O) groups is 1. The summed E-state index contributed by atoms with van der Waals surface area (Å²) in [6.45, 7) is 8.74. The Morgan fingerprint density at radius 1 is 1.05 bits per heavy atom. The second-order valence-corrected chi connectivity index (χ2v) is 6.59. The normalized spacial score (nSPS) is 16.1. The van der Waals surface area contributed by atoms with E-state index in [1.54, 1.807) is 0 Å². The van der Waals surface area contributed by atoms with Crippen molar-refractivity contribution in [1.82, 2.24) is 0 Å². The lowest BCUT2D eigenvalue weighted by Crippen LogP contribution is -2.22. The van der Waals surface area contributed by atoms with Gasteiger partial charge in [0.1, 0.15) is 0 Å². The number of nitrogens with one attached hydrogen (secondary N) is 1. The molecule has 2 nitrogen and oxygen atoms in total. The predicted octanol–water partition coefficient (Wildman–Crippen LogP) is 5.06. The fraction of sp³-hybridized carbons (Fsp3) is 0.611. The van der Waals surface area contributed by atoms with Crippen LogP contribution in [0.3, 0.4) is 0 Å². The number of hydrogen-bond acceptors (Lipinski definition) is 1. The fourth-order valence-electron chi connectivity index (χ4n) is 3.11. The van der Waals surface area contributed by atoms with Crippen LogP contribution in [0.2, 0.25) is 0 Å². The summed E-state index contributed by atoms with van der Waals surface area (Å²) >= 11 is 0. The molecule has 20 heavy (non-hydrogen) atoms. The molecule has 0 atom stereocenters. The van der Waals surface area contributed by atoms with Crippen LogP contribution in [0.4, 0.5) is 5.69 Å². The first-order valence-corrected chi connectivity index (χ1v) is 7.94. The van der Waals surface area contributed by atoms with E-state index in [2.05, 4.69) is 51.2 Å². The summed E-state index contributed by atoms with van der Waals surface area (Å²) in [6, 6.07) is 6.39. The molecule has 2 heteroatoms. The molecule has 1 N–H and O–H groups in total. The Balaban J connectivity index is 2.30. The van der Waals surface area contributed by atoms with Gasteiger partial charge in [0.2, 0.25) is 5.91 Å². The van der Waals surface area contributed by atoms with Crippen molar-refractivity contribution in [3.63, 3.8) is 0 Å². The lowest BCUT2D eigenvalue weighted by Gasteiger charge is -2.21. The van der Waals surface area contributed by atoms with Gasteiger partial charge >= 0.3 is 0 Å². The zero-order valence-corrected chi connectivity index (χ0v) is 13.2. The van der Waals surface area contributed by atoms with Crippen molar-refractivity contribution in [3.8, 4) is 0 Å². The number of amides is 1. The second kappa shape index (κ2) is 6.43. The zero-order chi connectivity index (χ0) is 14.7. The molecule has 110 valence electrons. The third kappa shape index (κ3) is 3.23. The highest BCUT2D eigenvalue weighted by Crippen LogP contribution is 2.34. The van der Waals surface area contributed by atoms with Crippen molar-refractivity contribution in [2.75, 3.05) is 5.32 Å². The van der Waals surface area contributed by atoms with E-state index in [1.807, 2.05) is 0 Å². The summed E-state index contributed by atoms with van der Waals surface area (Å²) in [5.41, 5.74) is 3.57. The molecule has 0 radical (unpaired) electrons. The summed E-state index contributed by atoms with van der Waals surface area (Å²) < 4.78 is 0. The summed E-state index contributed by atoms with van der Waals surface area (Å²) in [7, 11) is 0. The molecule has 0 bridgehead atoms. The number of carbonyl (C=O) groups excluding carboxylic acids is 1. The number of hydrogen-bond donors (Lipinski definition) is 1. The molecule has 0 heterocycles. The van der Waals surface area contributed by atoms with Crippen LogP contribution in [0.1, 0.15) is 76.3 Å². The molecule has 0 aromatic heterocycles. The van der Waals surface area contributed by atoms with Crippen molar-refractivity contribution in [2.45, 2.75) is 65.2 Å². The molecule has 1 aliphatic rings. The Hall–Kier alpha value is -1.31. The van der Waals surface area contributed by atoms with Gasteiger partial charge < -0.3 is 5.32 Å². The van der Waals surface area contributed by atoms with Crippen LogP contribution in [0.25, 0.3) is 0 Å². The monoisotopic (exact) mass is 273 g/mol. The number of benzene rings is 1. The maximum atomic E-state index is 12.5. The molecule has 0 saturated heterocycles.